The Labute approximate surface area is 103 Å². The summed E-state index contributed by atoms with van der Waals surface area (Å²) in [5.74, 6) is 0.500. The third-order valence-electron chi connectivity index (χ3n) is 3.46. The van der Waals surface area contributed by atoms with Crippen molar-refractivity contribution in [2.75, 3.05) is 5.73 Å². The van der Waals surface area contributed by atoms with E-state index in [1.165, 1.54) is 0 Å². The molecule has 4 N–H and O–H groups in total. The molecule has 2 heterocycles. The van der Waals surface area contributed by atoms with Crippen LogP contribution in [0, 0.1) is 5.92 Å². The molecule has 0 spiro atoms. The number of nitrogens with one attached hydrogen (secondary N) is 1. The van der Waals surface area contributed by atoms with Gasteiger partial charge in [0.05, 0.1) is 12.4 Å². The van der Waals surface area contributed by atoms with E-state index in [2.05, 4.69) is 15.0 Å². The molecule has 18 heavy (non-hydrogen) atoms. The summed E-state index contributed by atoms with van der Waals surface area (Å²) in [6.45, 7) is 0.712. The number of aromatic nitrogens is 4. The van der Waals surface area contributed by atoms with Crippen molar-refractivity contribution in [3.05, 3.63) is 16.7 Å². The summed E-state index contributed by atoms with van der Waals surface area (Å²) >= 11 is 0. The Bertz CT molecular complexity index is 632. The fraction of sp³-hybridized carbons (Fsp3) is 0.545. The van der Waals surface area contributed by atoms with E-state index in [9.17, 15) is 9.90 Å². The summed E-state index contributed by atoms with van der Waals surface area (Å²) < 4.78 is 1.84. The number of rotatable bonds is 2. The van der Waals surface area contributed by atoms with Crippen molar-refractivity contribution in [3.8, 4) is 0 Å². The minimum absolute atomic E-state index is 0.0979. The quantitative estimate of drug-likeness (QED) is 0.686. The lowest BCUT2D eigenvalue weighted by Crippen LogP contribution is -2.14. The molecule has 0 saturated heterocycles. The third kappa shape index (κ3) is 1.86. The van der Waals surface area contributed by atoms with E-state index in [0.29, 0.717) is 23.6 Å². The van der Waals surface area contributed by atoms with E-state index >= 15 is 0 Å². The predicted octanol–water partition coefficient (Wildman–Crippen LogP) is -0.137. The van der Waals surface area contributed by atoms with Crippen LogP contribution in [-0.2, 0) is 6.54 Å². The number of nitrogens with zero attached hydrogens (tertiary/aromatic N) is 3. The number of fused-ring (bicyclic) bond motifs is 1. The number of aliphatic hydroxyl groups is 1. The van der Waals surface area contributed by atoms with Crippen LogP contribution in [0.2, 0.25) is 0 Å². The van der Waals surface area contributed by atoms with Gasteiger partial charge in [0.25, 0.3) is 5.56 Å². The van der Waals surface area contributed by atoms with Gasteiger partial charge in [-0.3, -0.25) is 9.78 Å². The van der Waals surface area contributed by atoms with E-state index < -0.39 is 0 Å². The van der Waals surface area contributed by atoms with Gasteiger partial charge in [0.2, 0.25) is 5.95 Å². The van der Waals surface area contributed by atoms with Gasteiger partial charge in [-0.15, -0.1) is 0 Å². The monoisotopic (exact) mass is 249 g/mol. The van der Waals surface area contributed by atoms with Gasteiger partial charge in [-0.2, -0.15) is 4.98 Å². The zero-order valence-corrected chi connectivity index (χ0v) is 9.83. The highest BCUT2D eigenvalue weighted by molar-refractivity contribution is 5.70. The van der Waals surface area contributed by atoms with Crippen molar-refractivity contribution in [3.63, 3.8) is 0 Å². The number of aromatic amines is 1. The van der Waals surface area contributed by atoms with Gasteiger partial charge >= 0.3 is 0 Å². The predicted molar refractivity (Wildman–Crippen MR) is 65.9 cm³/mol. The molecule has 1 fully saturated rings. The Hall–Kier alpha value is -1.89. The zero-order chi connectivity index (χ0) is 12.7. The highest BCUT2D eigenvalue weighted by Crippen LogP contribution is 2.27. The van der Waals surface area contributed by atoms with Crippen LogP contribution in [0.3, 0.4) is 0 Å². The first kappa shape index (κ1) is 11.2. The average molecular weight is 249 g/mol. The Kier molecular flexibility index (Phi) is 2.55. The fourth-order valence-electron chi connectivity index (χ4n) is 2.60. The standard InChI is InChI=1S/C11H15N5O2/c12-11-14-9-8(10(18)15-11)13-5-16(9)4-6-1-2-7(17)3-6/h5-7,17H,1-4H2,(H3,12,14,15,18)/t6-,7-/m1/s1. The van der Waals surface area contributed by atoms with Gasteiger partial charge in [0, 0.05) is 6.54 Å². The van der Waals surface area contributed by atoms with Crippen LogP contribution in [0.4, 0.5) is 5.95 Å². The first-order chi connectivity index (χ1) is 8.63. The van der Waals surface area contributed by atoms with Crippen LogP contribution < -0.4 is 11.3 Å². The number of H-pyrrole nitrogens is 1. The van der Waals surface area contributed by atoms with E-state index in [1.807, 2.05) is 4.57 Å². The van der Waals surface area contributed by atoms with Crippen LogP contribution >= 0.6 is 0 Å². The maximum Gasteiger partial charge on any atom is 0.280 e. The van der Waals surface area contributed by atoms with Gasteiger partial charge < -0.3 is 15.4 Å². The fourth-order valence-corrected chi connectivity index (χ4v) is 2.60. The first-order valence-corrected chi connectivity index (χ1v) is 6.02. The summed E-state index contributed by atoms with van der Waals surface area (Å²) in [6, 6.07) is 0. The normalized spacial score (nSPS) is 23.8. The number of nitrogens with two attached hydrogens (primary N) is 1. The van der Waals surface area contributed by atoms with E-state index in [4.69, 9.17) is 5.73 Å². The SMILES string of the molecule is Nc1nc2c(ncn2C[C@@H]2CC[C@@H](O)C2)c(=O)[nH]1. The van der Waals surface area contributed by atoms with Crippen LogP contribution in [0.1, 0.15) is 19.3 Å². The number of aliphatic hydroxyl groups excluding tert-OH is 1. The smallest absolute Gasteiger partial charge is 0.280 e. The third-order valence-corrected chi connectivity index (χ3v) is 3.46. The largest absolute Gasteiger partial charge is 0.393 e. The molecule has 2 atom stereocenters. The van der Waals surface area contributed by atoms with Crippen LogP contribution in [0.15, 0.2) is 11.1 Å². The van der Waals surface area contributed by atoms with E-state index in [-0.39, 0.29) is 17.6 Å². The number of hydrogen-bond acceptors (Lipinski definition) is 5. The molecule has 0 aliphatic heterocycles. The zero-order valence-electron chi connectivity index (χ0n) is 9.83. The van der Waals surface area contributed by atoms with E-state index in [0.717, 1.165) is 19.3 Å². The summed E-state index contributed by atoms with van der Waals surface area (Å²) in [4.78, 5) is 22.2. The van der Waals surface area contributed by atoms with Crippen molar-refractivity contribution in [2.45, 2.75) is 31.9 Å². The molecule has 96 valence electrons. The summed E-state index contributed by atoms with van der Waals surface area (Å²) in [5, 5.41) is 9.51. The molecule has 0 amide bonds. The minimum atomic E-state index is -0.317. The summed E-state index contributed by atoms with van der Waals surface area (Å²) in [6.07, 6.45) is 4.02. The number of nitrogen functional groups attached to an aromatic ring is 1. The molecule has 0 aromatic carbocycles. The molecule has 3 rings (SSSR count). The molecule has 0 radical (unpaired) electrons. The van der Waals surface area contributed by atoms with Crippen molar-refractivity contribution >= 4 is 17.1 Å². The van der Waals surface area contributed by atoms with Crippen molar-refractivity contribution in [1.82, 2.24) is 19.5 Å². The number of imidazole rings is 1. The van der Waals surface area contributed by atoms with Gasteiger partial charge in [-0.25, -0.2) is 4.98 Å². The maximum absolute atomic E-state index is 11.6. The van der Waals surface area contributed by atoms with Gasteiger partial charge in [0.1, 0.15) is 0 Å². The Morgan fingerprint density at radius 3 is 3.11 bits per heavy atom. The van der Waals surface area contributed by atoms with Crippen LogP contribution in [0.25, 0.3) is 11.2 Å². The lowest BCUT2D eigenvalue weighted by atomic mass is 10.1. The van der Waals surface area contributed by atoms with Gasteiger partial charge in [-0.05, 0) is 25.2 Å². The first-order valence-electron chi connectivity index (χ1n) is 6.02. The molecule has 7 heteroatoms. The Morgan fingerprint density at radius 1 is 1.56 bits per heavy atom. The highest BCUT2D eigenvalue weighted by Gasteiger charge is 2.23. The topological polar surface area (TPSA) is 110 Å². The van der Waals surface area contributed by atoms with Crippen molar-refractivity contribution in [1.29, 1.82) is 0 Å². The molecule has 7 nitrogen and oxygen atoms in total. The van der Waals surface area contributed by atoms with Gasteiger partial charge in [0.15, 0.2) is 11.2 Å². The second-order valence-electron chi connectivity index (χ2n) is 4.85. The van der Waals surface area contributed by atoms with Crippen molar-refractivity contribution < 1.29 is 5.11 Å². The summed E-state index contributed by atoms with van der Waals surface area (Å²) in [5.41, 5.74) is 6.04. The van der Waals surface area contributed by atoms with Crippen molar-refractivity contribution in [2.24, 2.45) is 5.92 Å². The Morgan fingerprint density at radius 2 is 2.39 bits per heavy atom. The molecule has 1 aliphatic carbocycles. The van der Waals surface area contributed by atoms with Crippen LogP contribution in [-0.4, -0.2) is 30.7 Å². The molecule has 0 bridgehead atoms. The lowest BCUT2D eigenvalue weighted by Gasteiger charge is -2.10. The molecule has 2 aromatic heterocycles. The minimum Gasteiger partial charge on any atom is -0.393 e. The molecular weight excluding hydrogens is 234 g/mol. The molecule has 1 aliphatic rings. The average Bonchev–Trinajstić information content (AvgIpc) is 2.87. The lowest BCUT2D eigenvalue weighted by molar-refractivity contribution is 0.176. The molecule has 0 unspecified atom stereocenters. The molecule has 2 aromatic rings. The van der Waals surface area contributed by atoms with Crippen LogP contribution in [0.5, 0.6) is 0 Å². The second kappa shape index (κ2) is 4.09. The molecular formula is C11H15N5O2. The number of anilines is 1. The highest BCUT2D eigenvalue weighted by atomic mass is 16.3. The molecule has 1 saturated carbocycles. The van der Waals surface area contributed by atoms with Gasteiger partial charge in [-0.1, -0.05) is 0 Å². The maximum atomic E-state index is 11.6. The van der Waals surface area contributed by atoms with E-state index in [1.54, 1.807) is 6.33 Å². The Balaban J connectivity index is 1.95. The summed E-state index contributed by atoms with van der Waals surface area (Å²) in [7, 11) is 0. The second-order valence-corrected chi connectivity index (χ2v) is 4.85. The number of hydrogen-bond donors (Lipinski definition) is 3.